The summed E-state index contributed by atoms with van der Waals surface area (Å²) in [4.78, 5) is 0. The van der Waals surface area contributed by atoms with Crippen LogP contribution in [0.15, 0.2) is 206 Å². The smallest absolute Gasteiger partial charge is 0.202 e. The van der Waals surface area contributed by atoms with Gasteiger partial charge in [0.15, 0.2) is 0 Å². The first-order valence-electron chi connectivity index (χ1n) is 24.1. The van der Waals surface area contributed by atoms with Gasteiger partial charge < -0.3 is 20.4 Å². The van der Waals surface area contributed by atoms with Crippen molar-refractivity contribution in [2.75, 3.05) is 0 Å². The van der Waals surface area contributed by atoms with Gasteiger partial charge >= 0.3 is 0 Å². The molecule has 2 aromatic heterocycles. The molecule has 6 nitrogen and oxygen atoms in total. The molecule has 4 unspecified atom stereocenters. The first-order chi connectivity index (χ1) is 34.4. The molecule has 0 radical (unpaired) electrons. The standard InChI is InChI=1S/C62H46N2O4P2/c65-59-53-37-27-28-38(35-37)54(53)60(66)63(59)49-25-13-23-47-45(49)31-33-51(69(41-15-5-1-6-16-41)42-17-7-2-8-18-42)57(47)58-48-24-14-26-50(64-61(67)55-39-29-30-40(36-39)56(55)62(64)68)46(48)32-34-52(58)70(43-19-9-3-10-20-43)44-21-11-4-12-22-44/h1-34,37-40,65-68H,35-36H2. The van der Waals surface area contributed by atoms with Gasteiger partial charge in [-0.2, -0.15) is 0 Å². The molecule has 14 rings (SSSR count). The van der Waals surface area contributed by atoms with Crippen molar-refractivity contribution < 1.29 is 20.4 Å². The van der Waals surface area contributed by atoms with Gasteiger partial charge in [0.2, 0.25) is 23.5 Å². The van der Waals surface area contributed by atoms with Gasteiger partial charge in [-0.3, -0.25) is 9.13 Å². The third-order valence-corrected chi connectivity index (χ3v) is 20.3. The zero-order valence-corrected chi connectivity index (χ0v) is 39.7. The molecule has 70 heavy (non-hydrogen) atoms. The van der Waals surface area contributed by atoms with Gasteiger partial charge in [-0.15, -0.1) is 0 Å². The van der Waals surface area contributed by atoms with Crippen LogP contribution in [0.25, 0.3) is 44.0 Å². The van der Waals surface area contributed by atoms with Crippen molar-refractivity contribution in [2.24, 2.45) is 0 Å². The van der Waals surface area contributed by atoms with E-state index in [0.29, 0.717) is 11.4 Å². The van der Waals surface area contributed by atoms with Crippen molar-refractivity contribution >= 4 is 69.2 Å². The van der Waals surface area contributed by atoms with Crippen molar-refractivity contribution in [1.29, 1.82) is 0 Å². The van der Waals surface area contributed by atoms with E-state index < -0.39 is 15.8 Å². The van der Waals surface area contributed by atoms with E-state index in [0.717, 1.165) is 78.4 Å². The van der Waals surface area contributed by atoms with E-state index in [2.05, 4.69) is 194 Å². The number of hydrogen-bond donors (Lipinski definition) is 4. The molecule has 0 saturated heterocycles. The Morgan fingerprint density at radius 3 is 0.914 bits per heavy atom. The monoisotopic (exact) mass is 944 g/mol. The zero-order valence-electron chi connectivity index (χ0n) is 37.9. The molecule has 0 fully saturated rings. The van der Waals surface area contributed by atoms with Gasteiger partial charge in [-0.05, 0) is 94.5 Å². The maximum absolute atomic E-state index is 12.2. The molecule has 4 bridgehead atoms. The maximum Gasteiger partial charge on any atom is 0.202 e. The lowest BCUT2D eigenvalue weighted by molar-refractivity contribution is 0.395. The Balaban J connectivity index is 1.14. The van der Waals surface area contributed by atoms with Gasteiger partial charge in [0.1, 0.15) is 0 Å². The average molecular weight is 945 g/mol. The minimum Gasteiger partial charge on any atom is -0.494 e. The second-order valence-electron chi connectivity index (χ2n) is 19.0. The summed E-state index contributed by atoms with van der Waals surface area (Å²) in [6.45, 7) is 0. The number of aromatic hydroxyl groups is 4. The van der Waals surface area contributed by atoms with Crippen LogP contribution in [0, 0.1) is 0 Å². The second-order valence-corrected chi connectivity index (χ2v) is 23.3. The van der Waals surface area contributed by atoms with E-state index in [1.165, 1.54) is 21.2 Å². The number of benzene rings is 8. The lowest BCUT2D eigenvalue weighted by atomic mass is 9.92. The molecule has 0 amide bonds. The SMILES string of the molecule is Oc1c2c(c(O)n1-c1cccc3c(-c4c(P(c5ccccc5)c5ccccc5)ccc5c(-n6c(O)c7c(c6O)C6C=CC7C6)cccc45)c(P(c4ccccc4)c4ccccc4)ccc13)C1C=CC2C1. The van der Waals surface area contributed by atoms with Crippen molar-refractivity contribution in [3.63, 3.8) is 0 Å². The number of nitrogens with zero attached hydrogens (tertiary/aromatic N) is 2. The summed E-state index contributed by atoms with van der Waals surface area (Å²) in [6, 6.07) is 64.7. The van der Waals surface area contributed by atoms with E-state index in [1.807, 2.05) is 12.1 Å². The van der Waals surface area contributed by atoms with Crippen LogP contribution in [0.4, 0.5) is 0 Å². The molecule has 8 aromatic carbocycles. The summed E-state index contributed by atoms with van der Waals surface area (Å²) < 4.78 is 3.34. The molecule has 4 aliphatic carbocycles. The van der Waals surface area contributed by atoms with Crippen LogP contribution in [-0.4, -0.2) is 29.6 Å². The third-order valence-electron chi connectivity index (χ3n) is 15.3. The Morgan fingerprint density at radius 2 is 0.614 bits per heavy atom. The minimum absolute atomic E-state index is 0.0685. The molecule has 0 spiro atoms. The Bertz CT molecular complexity index is 3410. The van der Waals surface area contributed by atoms with Gasteiger partial charge in [0, 0.05) is 56.7 Å². The predicted molar refractivity (Wildman–Crippen MR) is 288 cm³/mol. The summed E-state index contributed by atoms with van der Waals surface area (Å²) in [5.41, 5.74) is 6.80. The van der Waals surface area contributed by atoms with Crippen LogP contribution in [0.1, 0.15) is 58.8 Å². The normalized spacial score (nSPS) is 18.3. The minimum atomic E-state index is -1.19. The van der Waals surface area contributed by atoms with Crippen LogP contribution in [-0.2, 0) is 0 Å². The summed E-state index contributed by atoms with van der Waals surface area (Å²) in [6.07, 6.45) is 10.4. The zero-order chi connectivity index (χ0) is 46.8. The topological polar surface area (TPSA) is 90.8 Å². The fourth-order valence-electron chi connectivity index (χ4n) is 12.4. The predicted octanol–water partition coefficient (Wildman–Crippen LogP) is 11.9. The summed E-state index contributed by atoms with van der Waals surface area (Å²) in [5.74, 6) is 0.635. The molecule has 0 saturated carbocycles. The molecule has 4 N–H and O–H groups in total. The van der Waals surface area contributed by atoms with Crippen molar-refractivity contribution in [1.82, 2.24) is 9.13 Å². The first kappa shape index (κ1) is 41.4. The molecule has 338 valence electrons. The highest BCUT2D eigenvalue weighted by atomic mass is 31.1. The highest BCUT2D eigenvalue weighted by Crippen LogP contribution is 2.59. The second kappa shape index (κ2) is 16.0. The van der Waals surface area contributed by atoms with Crippen LogP contribution in [0.2, 0.25) is 0 Å². The Hall–Kier alpha value is -7.62. The number of rotatable bonds is 9. The molecule has 0 aliphatic heterocycles. The van der Waals surface area contributed by atoms with Crippen LogP contribution < -0.4 is 31.8 Å². The van der Waals surface area contributed by atoms with Gasteiger partial charge in [-0.1, -0.05) is 194 Å². The first-order valence-corrected chi connectivity index (χ1v) is 26.8. The number of hydrogen-bond acceptors (Lipinski definition) is 4. The fraction of sp³-hybridized carbons (Fsp3) is 0.0968. The lowest BCUT2D eigenvalue weighted by Gasteiger charge is -2.29. The maximum atomic E-state index is 12.2. The highest BCUT2D eigenvalue weighted by molar-refractivity contribution is 7.80. The Labute approximate surface area is 407 Å². The van der Waals surface area contributed by atoms with Crippen LogP contribution >= 0.6 is 15.8 Å². The molecule has 8 heteroatoms. The Morgan fingerprint density at radius 1 is 0.314 bits per heavy atom. The number of allylic oxidation sites excluding steroid dienone is 4. The number of fused-ring (bicyclic) bond motifs is 12. The molecule has 4 atom stereocenters. The van der Waals surface area contributed by atoms with Crippen molar-refractivity contribution in [2.45, 2.75) is 36.5 Å². The molecular weight excluding hydrogens is 899 g/mol. The highest BCUT2D eigenvalue weighted by Gasteiger charge is 2.43. The largest absolute Gasteiger partial charge is 0.494 e. The van der Waals surface area contributed by atoms with E-state index in [4.69, 9.17) is 0 Å². The van der Waals surface area contributed by atoms with Crippen molar-refractivity contribution in [3.05, 3.63) is 229 Å². The van der Waals surface area contributed by atoms with Crippen molar-refractivity contribution in [3.8, 4) is 46.0 Å². The van der Waals surface area contributed by atoms with E-state index in [1.54, 1.807) is 9.13 Å². The van der Waals surface area contributed by atoms with Crippen LogP contribution in [0.3, 0.4) is 0 Å². The number of aromatic nitrogens is 2. The van der Waals surface area contributed by atoms with E-state index in [9.17, 15) is 20.4 Å². The van der Waals surface area contributed by atoms with Gasteiger partial charge in [-0.25, -0.2) is 0 Å². The molecular formula is C62H46N2O4P2. The molecule has 10 aromatic rings. The van der Waals surface area contributed by atoms with Crippen LogP contribution in [0.5, 0.6) is 23.5 Å². The molecule has 2 heterocycles. The van der Waals surface area contributed by atoms with E-state index >= 15 is 0 Å². The average Bonchev–Trinajstić information content (AvgIpc) is 4.28. The summed E-state index contributed by atoms with van der Waals surface area (Å²) in [5, 5.41) is 59.6. The molecule has 4 aliphatic rings. The quantitative estimate of drug-likeness (QED) is 0.0857. The van der Waals surface area contributed by atoms with Gasteiger partial charge in [0.25, 0.3) is 0 Å². The fourth-order valence-corrected chi connectivity index (χ4v) is 17.4. The summed E-state index contributed by atoms with van der Waals surface area (Å²) >= 11 is 0. The Kier molecular flexibility index (Phi) is 9.44. The lowest BCUT2D eigenvalue weighted by Crippen LogP contribution is -2.26. The summed E-state index contributed by atoms with van der Waals surface area (Å²) in [7, 11) is -2.39. The third kappa shape index (κ3) is 6.00. The van der Waals surface area contributed by atoms with E-state index in [-0.39, 0.29) is 47.2 Å². The van der Waals surface area contributed by atoms with Gasteiger partial charge in [0.05, 0.1) is 11.4 Å².